The number of anilines is 1. The second kappa shape index (κ2) is 12.3. The largest absolute Gasteiger partial charge is 0.381 e. The van der Waals surface area contributed by atoms with E-state index in [1.54, 1.807) is 24.3 Å². The maximum Gasteiger partial charge on any atom is 0.165 e. The van der Waals surface area contributed by atoms with Gasteiger partial charge in [0.2, 0.25) is 0 Å². The van der Waals surface area contributed by atoms with Crippen molar-refractivity contribution in [1.82, 2.24) is 28.7 Å². The van der Waals surface area contributed by atoms with Crippen LogP contribution in [-0.2, 0) is 11.3 Å². The Hall–Kier alpha value is -2.24. The molecule has 0 spiro atoms. The monoisotopic (exact) mass is 567 g/mol. The van der Waals surface area contributed by atoms with E-state index in [-0.39, 0.29) is 5.82 Å². The number of likely N-dealkylation sites (tertiary alicyclic amines) is 1. The fourth-order valence-electron chi connectivity index (χ4n) is 6.43. The molecule has 0 bridgehead atoms. The van der Waals surface area contributed by atoms with E-state index in [1.165, 1.54) is 29.6 Å². The molecule has 4 heterocycles. The summed E-state index contributed by atoms with van der Waals surface area (Å²) in [7, 11) is 5.89. The lowest BCUT2D eigenvalue weighted by molar-refractivity contribution is 0.0233. The number of nitrogens with zero attached hydrogens (tertiary/aromatic N) is 6. The van der Waals surface area contributed by atoms with Gasteiger partial charge in [0, 0.05) is 63.9 Å². The Morgan fingerprint density at radius 1 is 1.02 bits per heavy atom. The lowest BCUT2D eigenvalue weighted by Gasteiger charge is -2.42. The second-order valence-corrected chi connectivity index (χ2v) is 12.8. The van der Waals surface area contributed by atoms with Crippen LogP contribution in [0, 0.1) is 5.82 Å². The van der Waals surface area contributed by atoms with Crippen LogP contribution in [0.15, 0.2) is 30.3 Å². The van der Waals surface area contributed by atoms with Crippen molar-refractivity contribution in [2.75, 3.05) is 52.3 Å². The highest BCUT2D eigenvalue weighted by Gasteiger charge is 2.32. The minimum atomic E-state index is -0.243. The molecule has 10 heteroatoms. The first kappa shape index (κ1) is 27.9. The van der Waals surface area contributed by atoms with Gasteiger partial charge in [-0.05, 0) is 83.0 Å². The van der Waals surface area contributed by atoms with Crippen molar-refractivity contribution in [3.05, 3.63) is 47.5 Å². The summed E-state index contributed by atoms with van der Waals surface area (Å²) in [5.74, 6) is 0.214. The van der Waals surface area contributed by atoms with E-state index in [0.29, 0.717) is 24.6 Å². The molecular formula is C30H42FN7OS. The van der Waals surface area contributed by atoms with E-state index in [2.05, 4.69) is 20.6 Å². The number of benzene rings is 1. The third-order valence-corrected chi connectivity index (χ3v) is 9.53. The van der Waals surface area contributed by atoms with E-state index in [4.69, 9.17) is 14.8 Å². The number of fused-ring (bicyclic) bond motifs is 1. The van der Waals surface area contributed by atoms with Crippen molar-refractivity contribution in [2.45, 2.75) is 69.6 Å². The van der Waals surface area contributed by atoms with Crippen molar-refractivity contribution < 1.29 is 9.13 Å². The third-order valence-electron chi connectivity index (χ3n) is 8.89. The lowest BCUT2D eigenvalue weighted by Crippen LogP contribution is -2.48. The number of hydrogen-bond acceptors (Lipinski definition) is 8. The summed E-state index contributed by atoms with van der Waals surface area (Å²) in [6.45, 7) is 4.97. The van der Waals surface area contributed by atoms with Crippen LogP contribution < -0.4 is 9.62 Å². The second-order valence-electron chi connectivity index (χ2n) is 11.6. The van der Waals surface area contributed by atoms with Gasteiger partial charge in [-0.1, -0.05) is 6.42 Å². The van der Waals surface area contributed by atoms with Gasteiger partial charge in [-0.25, -0.2) is 23.1 Å². The van der Waals surface area contributed by atoms with E-state index in [9.17, 15) is 4.39 Å². The molecule has 2 saturated heterocycles. The van der Waals surface area contributed by atoms with E-state index in [0.717, 1.165) is 87.4 Å². The summed E-state index contributed by atoms with van der Waals surface area (Å²) in [4.78, 5) is 10.4. The first-order chi connectivity index (χ1) is 19.5. The average Bonchev–Trinajstić information content (AvgIpc) is 3.31. The molecule has 6 rings (SSSR count). The minimum absolute atomic E-state index is 0.243. The van der Waals surface area contributed by atoms with Gasteiger partial charge in [-0.3, -0.25) is 0 Å². The number of rotatable bonds is 9. The van der Waals surface area contributed by atoms with Crippen molar-refractivity contribution >= 4 is 28.9 Å². The zero-order chi connectivity index (χ0) is 27.6. The van der Waals surface area contributed by atoms with Crippen LogP contribution in [0.2, 0.25) is 0 Å². The maximum atomic E-state index is 13.8. The van der Waals surface area contributed by atoms with Crippen LogP contribution in [0.1, 0.15) is 62.3 Å². The van der Waals surface area contributed by atoms with Gasteiger partial charge in [0.15, 0.2) is 5.65 Å². The smallest absolute Gasteiger partial charge is 0.165 e. The summed E-state index contributed by atoms with van der Waals surface area (Å²) in [5.41, 5.74) is 5.12. The highest BCUT2D eigenvalue weighted by Crippen LogP contribution is 2.43. The third kappa shape index (κ3) is 5.87. The molecule has 2 aliphatic heterocycles. The van der Waals surface area contributed by atoms with Crippen molar-refractivity contribution in [1.29, 1.82) is 0 Å². The van der Waals surface area contributed by atoms with E-state index >= 15 is 0 Å². The molecule has 0 amide bonds. The highest BCUT2D eigenvalue weighted by molar-refractivity contribution is 7.95. The SMILES string of the molecule is COC1CCN(C2CCN(c3cc(CNSN(C)C)nc4c3c(C3CCC3)nn4-c3ccc(F)cc3)CC2)CC1. The summed E-state index contributed by atoms with van der Waals surface area (Å²) < 4.78 is 26.8. The number of methoxy groups -OCH3 is 1. The number of nitrogens with one attached hydrogen (secondary N) is 1. The number of halogens is 1. The molecule has 3 aromatic rings. The molecule has 40 heavy (non-hydrogen) atoms. The lowest BCUT2D eigenvalue weighted by atomic mass is 9.82. The Balaban J connectivity index is 1.34. The molecule has 2 aromatic heterocycles. The highest BCUT2D eigenvalue weighted by atomic mass is 32.2. The molecule has 1 aliphatic carbocycles. The molecule has 0 unspecified atom stereocenters. The Morgan fingerprint density at radius 2 is 1.75 bits per heavy atom. The molecule has 1 saturated carbocycles. The van der Waals surface area contributed by atoms with Crippen LogP contribution in [0.3, 0.4) is 0 Å². The van der Waals surface area contributed by atoms with E-state index < -0.39 is 0 Å². The van der Waals surface area contributed by atoms with Crippen LogP contribution in [0.5, 0.6) is 0 Å². The van der Waals surface area contributed by atoms with Gasteiger partial charge >= 0.3 is 0 Å². The molecule has 0 radical (unpaired) electrons. The van der Waals surface area contributed by atoms with E-state index in [1.807, 2.05) is 30.2 Å². The Morgan fingerprint density at radius 3 is 2.38 bits per heavy atom. The predicted molar refractivity (Wildman–Crippen MR) is 160 cm³/mol. The predicted octanol–water partition coefficient (Wildman–Crippen LogP) is 5.12. The maximum absolute atomic E-state index is 13.8. The van der Waals surface area contributed by atoms with Crippen LogP contribution in [0.4, 0.5) is 10.1 Å². The van der Waals surface area contributed by atoms with Gasteiger partial charge in [0.25, 0.3) is 0 Å². The molecule has 0 atom stereocenters. The first-order valence-electron chi connectivity index (χ1n) is 14.8. The molecule has 3 aliphatic rings. The molecule has 1 N–H and O–H groups in total. The topological polar surface area (TPSA) is 61.7 Å². The summed E-state index contributed by atoms with van der Waals surface area (Å²) in [5, 5.41) is 6.35. The minimum Gasteiger partial charge on any atom is -0.381 e. The van der Waals surface area contributed by atoms with Gasteiger partial charge in [-0.2, -0.15) is 5.10 Å². The number of aromatic nitrogens is 3. The summed E-state index contributed by atoms with van der Waals surface area (Å²) in [6.07, 6.45) is 8.59. The standard InChI is InChI=1S/C30H42FN7OS/c1-35(2)40-32-20-23-19-27(37-15-11-24(12-16-37)36-17-13-26(39-3)14-18-36)28-29(21-5-4-6-21)34-38(30(28)33-23)25-9-7-22(31)8-10-25/h7-10,19,21,24,26,32H,4-6,11-18,20H2,1-3H3. The summed E-state index contributed by atoms with van der Waals surface area (Å²) >= 11 is 1.57. The molecular weight excluding hydrogens is 525 g/mol. The molecule has 8 nitrogen and oxygen atoms in total. The van der Waals surface area contributed by atoms with Gasteiger partial charge < -0.3 is 14.5 Å². The van der Waals surface area contributed by atoms with Crippen LogP contribution >= 0.6 is 12.1 Å². The van der Waals surface area contributed by atoms with Crippen LogP contribution in [-0.4, -0.2) is 83.5 Å². The summed E-state index contributed by atoms with van der Waals surface area (Å²) in [6, 6.07) is 9.54. The quantitative estimate of drug-likeness (QED) is 0.358. The van der Waals surface area contributed by atoms with Crippen LogP contribution in [0.25, 0.3) is 16.7 Å². The fourth-order valence-corrected chi connectivity index (χ4v) is 6.90. The van der Waals surface area contributed by atoms with Crippen molar-refractivity contribution in [3.63, 3.8) is 0 Å². The number of hydrogen-bond donors (Lipinski definition) is 1. The van der Waals surface area contributed by atoms with Gasteiger partial charge in [-0.15, -0.1) is 0 Å². The Labute approximate surface area is 241 Å². The van der Waals surface area contributed by atoms with Gasteiger partial charge in [0.05, 0.1) is 34.3 Å². The Bertz CT molecular complexity index is 1280. The van der Waals surface area contributed by atoms with Crippen molar-refractivity contribution in [2.24, 2.45) is 0 Å². The fraction of sp³-hybridized carbons (Fsp3) is 0.600. The number of pyridine rings is 1. The average molecular weight is 568 g/mol. The number of ether oxygens (including phenoxy) is 1. The first-order valence-corrected chi connectivity index (χ1v) is 15.5. The van der Waals surface area contributed by atoms with Gasteiger partial charge in [0.1, 0.15) is 5.82 Å². The number of piperidine rings is 2. The Kier molecular flexibility index (Phi) is 8.60. The normalized spacial score (nSPS) is 20.1. The molecule has 216 valence electrons. The molecule has 1 aromatic carbocycles. The zero-order valence-corrected chi connectivity index (χ0v) is 24.8. The zero-order valence-electron chi connectivity index (χ0n) is 24.0. The molecule has 3 fully saturated rings. The van der Waals surface area contributed by atoms with Crippen molar-refractivity contribution in [3.8, 4) is 5.69 Å².